The van der Waals surface area contributed by atoms with Crippen molar-refractivity contribution in [3.05, 3.63) is 35.6 Å². The quantitative estimate of drug-likeness (QED) is 0.790. The van der Waals surface area contributed by atoms with Gasteiger partial charge >= 0.3 is 0 Å². The number of aryl methyl sites for hydroxylation is 1. The molecule has 1 fully saturated rings. The number of amides is 1. The van der Waals surface area contributed by atoms with Gasteiger partial charge in [0.15, 0.2) is 0 Å². The first kappa shape index (κ1) is 12.2. The minimum absolute atomic E-state index is 0.0400. The molecule has 0 saturated carbocycles. The van der Waals surface area contributed by atoms with E-state index < -0.39 is 0 Å². The second-order valence-corrected chi connectivity index (χ2v) is 4.95. The van der Waals surface area contributed by atoms with Crippen LogP contribution in [0.2, 0.25) is 0 Å². The topological polar surface area (TPSA) is 42.7 Å². The Bertz CT molecular complexity index is 617. The van der Waals surface area contributed by atoms with E-state index in [-0.39, 0.29) is 11.9 Å². The van der Waals surface area contributed by atoms with Crippen LogP contribution in [0.15, 0.2) is 28.7 Å². The van der Waals surface area contributed by atoms with Crippen LogP contribution in [0.1, 0.15) is 23.0 Å². The number of rotatable bonds is 1. The minimum Gasteiger partial charge on any atom is -0.461 e. The monoisotopic (exact) mass is 259 g/mol. The average Bonchev–Trinajstić information content (AvgIpc) is 2.74. The molecular weight excluding hydrogens is 242 g/mol. The molecule has 0 unspecified atom stereocenters. The van der Waals surface area contributed by atoms with Crippen molar-refractivity contribution in [3.8, 4) is 0 Å². The van der Waals surface area contributed by atoms with Crippen molar-refractivity contribution >= 4 is 16.9 Å². The lowest BCUT2D eigenvalue weighted by atomic mass is 10.1. The second kappa shape index (κ2) is 4.70. The van der Waals surface area contributed by atoms with E-state index >= 15 is 0 Å². The Labute approximate surface area is 111 Å². The van der Waals surface area contributed by atoms with Gasteiger partial charge in [0.2, 0.25) is 0 Å². The smallest absolute Gasteiger partial charge is 0.258 e. The summed E-state index contributed by atoms with van der Waals surface area (Å²) in [5.74, 6) is 0.725. The molecule has 0 spiro atoms. The molecule has 0 N–H and O–H groups in total. The van der Waals surface area contributed by atoms with Crippen molar-refractivity contribution < 1.29 is 13.9 Å². The van der Waals surface area contributed by atoms with Gasteiger partial charge in [-0.25, -0.2) is 0 Å². The van der Waals surface area contributed by atoms with Crippen LogP contribution in [0.25, 0.3) is 11.0 Å². The molecule has 1 atom stereocenters. The zero-order valence-corrected chi connectivity index (χ0v) is 11.2. The normalized spacial score (nSPS) is 19.9. The number of benzene rings is 1. The van der Waals surface area contributed by atoms with Crippen molar-refractivity contribution in [2.75, 3.05) is 19.8 Å². The van der Waals surface area contributed by atoms with Crippen LogP contribution in [0.5, 0.6) is 0 Å². The Balaban J connectivity index is 2.03. The summed E-state index contributed by atoms with van der Waals surface area (Å²) in [6, 6.07) is 7.77. The van der Waals surface area contributed by atoms with E-state index in [0.717, 1.165) is 11.0 Å². The Morgan fingerprint density at radius 2 is 2.16 bits per heavy atom. The number of carbonyl (C=O) groups excluding carboxylic acids is 1. The van der Waals surface area contributed by atoms with Gasteiger partial charge in [-0.2, -0.15) is 0 Å². The molecule has 19 heavy (non-hydrogen) atoms. The fourth-order valence-electron chi connectivity index (χ4n) is 2.61. The van der Waals surface area contributed by atoms with Gasteiger partial charge in [0.05, 0.1) is 24.8 Å². The van der Waals surface area contributed by atoms with Crippen LogP contribution >= 0.6 is 0 Å². The average molecular weight is 259 g/mol. The predicted octanol–water partition coefficient (Wildman–Crippen LogP) is 2.60. The first-order valence-corrected chi connectivity index (χ1v) is 6.55. The maximum atomic E-state index is 12.7. The Hall–Kier alpha value is -1.81. The third-order valence-corrected chi connectivity index (χ3v) is 3.61. The minimum atomic E-state index is 0.0400. The number of hydrogen-bond acceptors (Lipinski definition) is 3. The van der Waals surface area contributed by atoms with Crippen molar-refractivity contribution in [1.82, 2.24) is 4.90 Å². The number of morpholine rings is 1. The van der Waals surface area contributed by atoms with Gasteiger partial charge in [0.1, 0.15) is 11.3 Å². The molecule has 4 nitrogen and oxygen atoms in total. The van der Waals surface area contributed by atoms with Gasteiger partial charge in [0, 0.05) is 11.9 Å². The van der Waals surface area contributed by atoms with Crippen LogP contribution in [0.4, 0.5) is 0 Å². The largest absolute Gasteiger partial charge is 0.461 e. The van der Waals surface area contributed by atoms with E-state index in [2.05, 4.69) is 0 Å². The second-order valence-electron chi connectivity index (χ2n) is 4.95. The Morgan fingerprint density at radius 3 is 2.95 bits per heavy atom. The highest BCUT2D eigenvalue weighted by Crippen LogP contribution is 2.27. The third kappa shape index (κ3) is 2.02. The number of hydrogen-bond donors (Lipinski definition) is 0. The van der Waals surface area contributed by atoms with Gasteiger partial charge < -0.3 is 14.1 Å². The number of carbonyl (C=O) groups is 1. The summed E-state index contributed by atoms with van der Waals surface area (Å²) < 4.78 is 11.0. The van der Waals surface area contributed by atoms with E-state index in [9.17, 15) is 4.79 Å². The lowest BCUT2D eigenvalue weighted by molar-refractivity contribution is 0.00360. The molecule has 1 aliphatic heterocycles. The fourth-order valence-corrected chi connectivity index (χ4v) is 2.61. The first-order valence-electron chi connectivity index (χ1n) is 6.55. The van der Waals surface area contributed by atoms with Crippen LogP contribution in [0.3, 0.4) is 0 Å². The van der Waals surface area contributed by atoms with Crippen LogP contribution in [0, 0.1) is 6.92 Å². The number of nitrogens with zero attached hydrogens (tertiary/aromatic N) is 1. The van der Waals surface area contributed by atoms with E-state index in [1.165, 1.54) is 0 Å². The van der Waals surface area contributed by atoms with Crippen molar-refractivity contribution in [3.63, 3.8) is 0 Å². The van der Waals surface area contributed by atoms with Crippen molar-refractivity contribution in [2.45, 2.75) is 19.9 Å². The molecule has 2 aromatic rings. The van der Waals surface area contributed by atoms with E-state index in [1.54, 1.807) is 0 Å². The summed E-state index contributed by atoms with van der Waals surface area (Å²) in [6.07, 6.45) is 0. The van der Waals surface area contributed by atoms with Crippen LogP contribution in [-0.2, 0) is 4.74 Å². The van der Waals surface area contributed by atoms with Gasteiger partial charge in [0.25, 0.3) is 5.91 Å². The van der Waals surface area contributed by atoms with Gasteiger partial charge in [-0.3, -0.25) is 4.79 Å². The lowest BCUT2D eigenvalue weighted by Crippen LogP contribution is -2.47. The molecule has 2 heterocycles. The molecule has 3 rings (SSSR count). The molecule has 1 aliphatic rings. The summed E-state index contributed by atoms with van der Waals surface area (Å²) in [7, 11) is 0. The molecule has 4 heteroatoms. The summed E-state index contributed by atoms with van der Waals surface area (Å²) in [5.41, 5.74) is 1.45. The van der Waals surface area contributed by atoms with Crippen molar-refractivity contribution in [2.24, 2.45) is 0 Å². The Kier molecular flexibility index (Phi) is 3.03. The third-order valence-electron chi connectivity index (χ3n) is 3.61. The molecule has 1 aromatic heterocycles. The zero-order chi connectivity index (χ0) is 13.4. The number of ether oxygens (including phenoxy) is 1. The molecule has 1 aromatic carbocycles. The molecule has 1 saturated heterocycles. The maximum Gasteiger partial charge on any atom is 0.258 e. The summed E-state index contributed by atoms with van der Waals surface area (Å²) in [4.78, 5) is 14.6. The summed E-state index contributed by atoms with van der Waals surface area (Å²) in [5, 5.41) is 0.892. The number of fused-ring (bicyclic) bond motifs is 1. The SMILES string of the molecule is Cc1oc2ccccc2c1C(=O)N1CCOC[C@@H]1C. The zero-order valence-electron chi connectivity index (χ0n) is 11.2. The molecule has 0 bridgehead atoms. The maximum absolute atomic E-state index is 12.7. The van der Waals surface area contributed by atoms with E-state index in [4.69, 9.17) is 9.15 Å². The van der Waals surface area contributed by atoms with Crippen molar-refractivity contribution in [1.29, 1.82) is 0 Å². The molecule has 1 amide bonds. The molecule has 0 radical (unpaired) electrons. The van der Waals surface area contributed by atoms with Gasteiger partial charge in [-0.1, -0.05) is 18.2 Å². The lowest BCUT2D eigenvalue weighted by Gasteiger charge is -2.33. The highest BCUT2D eigenvalue weighted by atomic mass is 16.5. The molecular formula is C15H17NO3. The highest BCUT2D eigenvalue weighted by Gasteiger charge is 2.28. The number of furan rings is 1. The Morgan fingerprint density at radius 1 is 1.37 bits per heavy atom. The standard InChI is InChI=1S/C15H17NO3/c1-10-9-18-8-7-16(10)15(17)14-11(2)19-13-6-4-3-5-12(13)14/h3-6,10H,7-9H2,1-2H3/t10-/m0/s1. The van der Waals surface area contributed by atoms with Gasteiger partial charge in [-0.05, 0) is 19.9 Å². The molecule has 0 aliphatic carbocycles. The van der Waals surface area contributed by atoms with E-state index in [1.807, 2.05) is 43.0 Å². The van der Waals surface area contributed by atoms with Crippen LogP contribution in [-0.4, -0.2) is 36.6 Å². The highest BCUT2D eigenvalue weighted by molar-refractivity contribution is 6.07. The first-order chi connectivity index (χ1) is 9.18. The number of para-hydroxylation sites is 1. The summed E-state index contributed by atoms with van der Waals surface area (Å²) >= 11 is 0. The molecule has 100 valence electrons. The van der Waals surface area contributed by atoms with Gasteiger partial charge in [-0.15, -0.1) is 0 Å². The predicted molar refractivity (Wildman–Crippen MR) is 72.3 cm³/mol. The van der Waals surface area contributed by atoms with E-state index in [0.29, 0.717) is 31.1 Å². The fraction of sp³-hybridized carbons (Fsp3) is 0.400. The van der Waals surface area contributed by atoms with Crippen LogP contribution < -0.4 is 0 Å². The summed E-state index contributed by atoms with van der Waals surface area (Å²) in [6.45, 7) is 5.69.